The molecule has 22 heavy (non-hydrogen) atoms. The zero-order valence-electron chi connectivity index (χ0n) is 12.9. The number of aromatic amines is 1. The SMILES string of the molecule is O=C(NCCc1ccn[nH]1)[C@@H]1CCC(=O)N(C2CCCC2)C1. The average Bonchev–Trinajstić information content (AvgIpc) is 3.21. The van der Waals surface area contributed by atoms with Crippen LogP contribution in [0.1, 0.15) is 44.2 Å². The third-order valence-electron chi connectivity index (χ3n) is 4.83. The Morgan fingerprint density at radius 1 is 1.36 bits per heavy atom. The van der Waals surface area contributed by atoms with Gasteiger partial charge in [0.25, 0.3) is 0 Å². The van der Waals surface area contributed by atoms with E-state index in [1.165, 1.54) is 12.8 Å². The maximum Gasteiger partial charge on any atom is 0.224 e. The molecule has 6 heteroatoms. The lowest BCUT2D eigenvalue weighted by molar-refractivity contribution is -0.140. The van der Waals surface area contributed by atoms with Gasteiger partial charge in [0.05, 0.1) is 5.92 Å². The molecule has 1 aromatic heterocycles. The summed E-state index contributed by atoms with van der Waals surface area (Å²) < 4.78 is 0. The Morgan fingerprint density at radius 2 is 2.18 bits per heavy atom. The number of nitrogens with one attached hydrogen (secondary N) is 2. The highest BCUT2D eigenvalue weighted by molar-refractivity contribution is 5.84. The largest absolute Gasteiger partial charge is 0.355 e. The molecule has 0 unspecified atom stereocenters. The van der Waals surface area contributed by atoms with E-state index in [-0.39, 0.29) is 17.7 Å². The normalized spacial score (nSPS) is 23.0. The first-order valence-electron chi connectivity index (χ1n) is 8.29. The monoisotopic (exact) mass is 304 g/mol. The lowest BCUT2D eigenvalue weighted by Gasteiger charge is -2.36. The second-order valence-electron chi connectivity index (χ2n) is 6.34. The third kappa shape index (κ3) is 3.48. The first-order chi connectivity index (χ1) is 10.7. The van der Waals surface area contributed by atoms with E-state index in [0.29, 0.717) is 32.0 Å². The molecule has 2 amide bonds. The highest BCUT2D eigenvalue weighted by atomic mass is 16.2. The molecule has 2 N–H and O–H groups in total. The highest BCUT2D eigenvalue weighted by Gasteiger charge is 2.34. The van der Waals surface area contributed by atoms with Gasteiger partial charge in [-0.15, -0.1) is 0 Å². The first kappa shape index (κ1) is 15.1. The minimum atomic E-state index is -0.0555. The molecule has 6 nitrogen and oxygen atoms in total. The van der Waals surface area contributed by atoms with E-state index in [0.717, 1.165) is 25.0 Å². The summed E-state index contributed by atoms with van der Waals surface area (Å²) in [6.07, 6.45) is 8.25. The van der Waals surface area contributed by atoms with Crippen LogP contribution in [0.4, 0.5) is 0 Å². The van der Waals surface area contributed by atoms with E-state index < -0.39 is 0 Å². The van der Waals surface area contributed by atoms with Crippen LogP contribution in [0, 0.1) is 5.92 Å². The fourth-order valence-electron chi connectivity index (χ4n) is 3.54. The summed E-state index contributed by atoms with van der Waals surface area (Å²) in [6.45, 7) is 1.20. The minimum absolute atomic E-state index is 0.0555. The van der Waals surface area contributed by atoms with Crippen LogP contribution in [0.2, 0.25) is 0 Å². The molecule has 2 heterocycles. The molecule has 0 aromatic carbocycles. The number of carbonyl (C=O) groups excluding carboxylic acids is 2. The van der Waals surface area contributed by atoms with Crippen LogP contribution < -0.4 is 5.32 Å². The Hall–Kier alpha value is -1.85. The van der Waals surface area contributed by atoms with Crippen LogP contribution in [0.5, 0.6) is 0 Å². The van der Waals surface area contributed by atoms with Crippen molar-refractivity contribution in [3.63, 3.8) is 0 Å². The first-order valence-corrected chi connectivity index (χ1v) is 8.29. The number of nitrogens with zero attached hydrogens (tertiary/aromatic N) is 2. The molecule has 3 rings (SSSR count). The van der Waals surface area contributed by atoms with Gasteiger partial charge < -0.3 is 10.2 Å². The lowest BCUT2D eigenvalue weighted by Crippen LogP contribution is -2.49. The Balaban J connectivity index is 1.48. The molecule has 120 valence electrons. The predicted molar refractivity (Wildman–Crippen MR) is 82.0 cm³/mol. The van der Waals surface area contributed by atoms with Gasteiger partial charge in [-0.3, -0.25) is 14.7 Å². The zero-order chi connectivity index (χ0) is 15.4. The minimum Gasteiger partial charge on any atom is -0.355 e. The molecule has 0 bridgehead atoms. The van der Waals surface area contributed by atoms with Crippen LogP contribution in [-0.4, -0.2) is 46.0 Å². The van der Waals surface area contributed by atoms with E-state index in [4.69, 9.17) is 0 Å². The second kappa shape index (κ2) is 6.94. The topological polar surface area (TPSA) is 78.1 Å². The van der Waals surface area contributed by atoms with Gasteiger partial charge in [-0.1, -0.05) is 12.8 Å². The van der Waals surface area contributed by atoms with E-state index in [1.54, 1.807) is 6.20 Å². The molecular formula is C16H24N4O2. The van der Waals surface area contributed by atoms with Gasteiger partial charge in [-0.2, -0.15) is 5.10 Å². The number of rotatable bonds is 5. The van der Waals surface area contributed by atoms with Crippen molar-refractivity contribution in [1.82, 2.24) is 20.4 Å². The Bertz CT molecular complexity index is 508. The van der Waals surface area contributed by atoms with Crippen molar-refractivity contribution in [2.45, 2.75) is 51.0 Å². The fraction of sp³-hybridized carbons (Fsp3) is 0.688. The van der Waals surface area contributed by atoms with Crippen LogP contribution >= 0.6 is 0 Å². The number of likely N-dealkylation sites (tertiary alicyclic amines) is 1. The maximum atomic E-state index is 12.3. The van der Waals surface area contributed by atoms with E-state index >= 15 is 0 Å². The van der Waals surface area contributed by atoms with Crippen molar-refractivity contribution in [2.24, 2.45) is 5.92 Å². The summed E-state index contributed by atoms with van der Waals surface area (Å²) in [5, 5.41) is 9.77. The summed E-state index contributed by atoms with van der Waals surface area (Å²) in [4.78, 5) is 26.4. The summed E-state index contributed by atoms with van der Waals surface area (Å²) in [7, 11) is 0. The Kier molecular flexibility index (Phi) is 4.75. The number of H-pyrrole nitrogens is 1. The van der Waals surface area contributed by atoms with E-state index in [2.05, 4.69) is 15.5 Å². The average molecular weight is 304 g/mol. The lowest BCUT2D eigenvalue weighted by atomic mass is 9.95. The molecule has 0 spiro atoms. The highest BCUT2D eigenvalue weighted by Crippen LogP contribution is 2.28. The number of carbonyl (C=O) groups is 2. The molecule has 1 saturated carbocycles. The smallest absolute Gasteiger partial charge is 0.224 e. The van der Waals surface area contributed by atoms with E-state index in [1.807, 2.05) is 11.0 Å². The molecule has 1 aromatic rings. The molecule has 1 saturated heterocycles. The maximum absolute atomic E-state index is 12.3. The number of amides is 2. The fourth-order valence-corrected chi connectivity index (χ4v) is 3.54. The molecule has 1 aliphatic heterocycles. The number of hydrogen-bond acceptors (Lipinski definition) is 3. The molecule has 2 fully saturated rings. The van der Waals surface area contributed by atoms with Gasteiger partial charge in [0.1, 0.15) is 0 Å². The van der Waals surface area contributed by atoms with Crippen molar-refractivity contribution in [2.75, 3.05) is 13.1 Å². The van der Waals surface area contributed by atoms with Crippen molar-refractivity contribution < 1.29 is 9.59 Å². The van der Waals surface area contributed by atoms with Crippen molar-refractivity contribution in [3.8, 4) is 0 Å². The van der Waals surface area contributed by atoms with Crippen molar-refractivity contribution >= 4 is 11.8 Å². The van der Waals surface area contributed by atoms with Gasteiger partial charge in [0.15, 0.2) is 0 Å². The third-order valence-corrected chi connectivity index (χ3v) is 4.83. The van der Waals surface area contributed by atoms with Crippen molar-refractivity contribution in [1.29, 1.82) is 0 Å². The standard InChI is InChI=1S/C16H24N4O2/c21-15-6-5-12(11-20(15)14-3-1-2-4-14)16(22)17-9-7-13-8-10-18-19-13/h8,10,12,14H,1-7,9,11H2,(H,17,22)(H,18,19)/t12-/m1/s1. The molecule has 0 radical (unpaired) electrons. The molecule has 1 atom stereocenters. The summed E-state index contributed by atoms with van der Waals surface area (Å²) >= 11 is 0. The van der Waals surface area contributed by atoms with Gasteiger partial charge in [0, 0.05) is 43.9 Å². The zero-order valence-corrected chi connectivity index (χ0v) is 12.9. The summed E-state index contributed by atoms with van der Waals surface area (Å²) in [5.74, 6) is 0.253. The molecule has 1 aliphatic carbocycles. The van der Waals surface area contributed by atoms with Crippen LogP contribution in [0.15, 0.2) is 12.3 Å². The van der Waals surface area contributed by atoms with Gasteiger partial charge in [0.2, 0.25) is 11.8 Å². The summed E-state index contributed by atoms with van der Waals surface area (Å²) in [5.41, 5.74) is 1.02. The van der Waals surface area contributed by atoms with E-state index in [9.17, 15) is 9.59 Å². The number of aromatic nitrogens is 2. The Labute approximate surface area is 130 Å². The molecule has 2 aliphatic rings. The van der Waals surface area contributed by atoms with Crippen LogP contribution in [0.3, 0.4) is 0 Å². The molecular weight excluding hydrogens is 280 g/mol. The van der Waals surface area contributed by atoms with Gasteiger partial charge in [-0.25, -0.2) is 0 Å². The van der Waals surface area contributed by atoms with Gasteiger partial charge >= 0.3 is 0 Å². The van der Waals surface area contributed by atoms with Gasteiger partial charge in [-0.05, 0) is 25.3 Å². The second-order valence-corrected chi connectivity index (χ2v) is 6.34. The van der Waals surface area contributed by atoms with Crippen LogP contribution in [-0.2, 0) is 16.0 Å². The summed E-state index contributed by atoms with van der Waals surface area (Å²) in [6, 6.07) is 2.28. The van der Waals surface area contributed by atoms with Crippen molar-refractivity contribution in [3.05, 3.63) is 18.0 Å². The number of hydrogen-bond donors (Lipinski definition) is 2. The predicted octanol–water partition coefficient (Wildman–Crippen LogP) is 1.25. The quantitative estimate of drug-likeness (QED) is 0.859. The number of piperidine rings is 1. The van der Waals surface area contributed by atoms with Crippen LogP contribution in [0.25, 0.3) is 0 Å². The Morgan fingerprint density at radius 3 is 2.91 bits per heavy atom.